The highest BCUT2D eigenvalue weighted by Crippen LogP contribution is 2.37. The SMILES string of the molecule is OCc1ccc(N2CC3CCCC(C3)C2)cc1Br. The lowest BCUT2D eigenvalue weighted by molar-refractivity contribution is 0.231. The van der Waals surface area contributed by atoms with Crippen molar-refractivity contribution in [2.45, 2.75) is 32.3 Å². The molecular formula is C15H20BrNO. The summed E-state index contributed by atoms with van der Waals surface area (Å²) in [6, 6.07) is 6.34. The molecule has 2 fully saturated rings. The van der Waals surface area contributed by atoms with Crippen LogP contribution in [-0.4, -0.2) is 18.2 Å². The minimum atomic E-state index is 0.103. The molecule has 1 aromatic rings. The number of fused-ring (bicyclic) bond motifs is 2. The second-order valence-electron chi connectivity index (χ2n) is 5.74. The first-order valence-corrected chi connectivity index (χ1v) is 7.70. The molecule has 1 aliphatic carbocycles. The van der Waals surface area contributed by atoms with Crippen LogP contribution < -0.4 is 4.90 Å². The molecule has 1 saturated heterocycles. The number of aliphatic hydroxyl groups is 1. The van der Waals surface area contributed by atoms with Crippen LogP contribution in [0.2, 0.25) is 0 Å². The van der Waals surface area contributed by atoms with E-state index in [2.05, 4.69) is 33.0 Å². The first-order chi connectivity index (χ1) is 8.76. The van der Waals surface area contributed by atoms with E-state index in [0.717, 1.165) is 21.9 Å². The monoisotopic (exact) mass is 309 g/mol. The summed E-state index contributed by atoms with van der Waals surface area (Å²) >= 11 is 3.55. The van der Waals surface area contributed by atoms with Crippen molar-refractivity contribution in [3.05, 3.63) is 28.2 Å². The normalized spacial score (nSPS) is 27.3. The predicted octanol–water partition coefficient (Wildman–Crippen LogP) is 3.57. The molecule has 1 N–H and O–H groups in total. The number of benzene rings is 1. The summed E-state index contributed by atoms with van der Waals surface area (Å²) in [6.07, 6.45) is 5.68. The van der Waals surface area contributed by atoms with Gasteiger partial charge >= 0.3 is 0 Å². The molecule has 0 amide bonds. The average molecular weight is 310 g/mol. The van der Waals surface area contributed by atoms with Gasteiger partial charge in [0.2, 0.25) is 0 Å². The van der Waals surface area contributed by atoms with E-state index in [4.69, 9.17) is 0 Å². The molecule has 0 radical (unpaired) electrons. The second-order valence-corrected chi connectivity index (χ2v) is 6.59. The molecule has 1 heterocycles. The van der Waals surface area contributed by atoms with Gasteiger partial charge in [-0.15, -0.1) is 0 Å². The van der Waals surface area contributed by atoms with E-state index in [1.807, 2.05) is 6.07 Å². The summed E-state index contributed by atoms with van der Waals surface area (Å²) in [5.74, 6) is 1.79. The number of piperidine rings is 1. The average Bonchev–Trinajstić information content (AvgIpc) is 2.38. The van der Waals surface area contributed by atoms with E-state index in [0.29, 0.717) is 0 Å². The number of rotatable bonds is 2. The number of halogens is 1. The predicted molar refractivity (Wildman–Crippen MR) is 77.7 cm³/mol. The van der Waals surface area contributed by atoms with E-state index in [9.17, 15) is 5.11 Å². The van der Waals surface area contributed by atoms with E-state index in [-0.39, 0.29) is 6.61 Å². The molecule has 0 aromatic heterocycles. The maximum atomic E-state index is 9.21. The summed E-state index contributed by atoms with van der Waals surface area (Å²) < 4.78 is 1.03. The van der Waals surface area contributed by atoms with Crippen LogP contribution in [0.4, 0.5) is 5.69 Å². The Morgan fingerprint density at radius 1 is 1.22 bits per heavy atom. The Balaban J connectivity index is 1.80. The van der Waals surface area contributed by atoms with Gasteiger partial charge in [-0.05, 0) is 48.8 Å². The smallest absolute Gasteiger partial charge is 0.0692 e. The van der Waals surface area contributed by atoms with Crippen molar-refractivity contribution in [3.63, 3.8) is 0 Å². The molecule has 0 spiro atoms. The van der Waals surface area contributed by atoms with Crippen LogP contribution in [0.3, 0.4) is 0 Å². The van der Waals surface area contributed by atoms with Gasteiger partial charge in [0.05, 0.1) is 6.61 Å². The third-order valence-corrected chi connectivity index (χ3v) is 5.16. The Bertz CT molecular complexity index is 423. The lowest BCUT2D eigenvalue weighted by Gasteiger charge is -2.42. The van der Waals surface area contributed by atoms with Gasteiger partial charge in [-0.25, -0.2) is 0 Å². The minimum absolute atomic E-state index is 0.103. The van der Waals surface area contributed by atoms with Gasteiger partial charge in [0.15, 0.2) is 0 Å². The highest BCUT2D eigenvalue weighted by Gasteiger charge is 2.30. The van der Waals surface area contributed by atoms with Crippen molar-refractivity contribution in [2.24, 2.45) is 11.8 Å². The molecule has 2 nitrogen and oxygen atoms in total. The minimum Gasteiger partial charge on any atom is -0.392 e. The molecule has 2 unspecified atom stereocenters. The summed E-state index contributed by atoms with van der Waals surface area (Å²) in [5.41, 5.74) is 2.27. The Kier molecular flexibility index (Phi) is 3.62. The molecule has 98 valence electrons. The third-order valence-electron chi connectivity index (χ3n) is 4.42. The van der Waals surface area contributed by atoms with E-state index in [1.54, 1.807) is 0 Å². The van der Waals surface area contributed by atoms with Crippen molar-refractivity contribution < 1.29 is 5.11 Å². The van der Waals surface area contributed by atoms with Crippen molar-refractivity contribution in [1.82, 2.24) is 0 Å². The highest BCUT2D eigenvalue weighted by atomic mass is 79.9. The number of hydrogen-bond acceptors (Lipinski definition) is 2. The number of nitrogens with zero attached hydrogens (tertiary/aromatic N) is 1. The third kappa shape index (κ3) is 2.43. The first-order valence-electron chi connectivity index (χ1n) is 6.90. The standard InChI is InChI=1S/C15H20BrNO/c16-15-7-14(5-4-13(15)10-18)17-8-11-2-1-3-12(6-11)9-17/h4-5,7,11-12,18H,1-3,6,8-10H2. The maximum absolute atomic E-state index is 9.21. The number of anilines is 1. The van der Waals surface area contributed by atoms with Crippen LogP contribution in [0.15, 0.2) is 22.7 Å². The van der Waals surface area contributed by atoms with Gasteiger partial charge in [0, 0.05) is 23.2 Å². The van der Waals surface area contributed by atoms with Crippen LogP contribution in [0.1, 0.15) is 31.2 Å². The summed E-state index contributed by atoms with van der Waals surface area (Å²) in [7, 11) is 0. The number of aliphatic hydroxyl groups excluding tert-OH is 1. The molecular weight excluding hydrogens is 290 g/mol. The van der Waals surface area contributed by atoms with Gasteiger partial charge < -0.3 is 10.0 Å². The summed E-state index contributed by atoms with van der Waals surface area (Å²) in [6.45, 7) is 2.52. The Morgan fingerprint density at radius 2 is 1.94 bits per heavy atom. The molecule has 1 aromatic carbocycles. The zero-order valence-corrected chi connectivity index (χ0v) is 12.2. The van der Waals surface area contributed by atoms with Crippen molar-refractivity contribution in [2.75, 3.05) is 18.0 Å². The summed E-state index contributed by atoms with van der Waals surface area (Å²) in [4.78, 5) is 2.53. The lowest BCUT2D eigenvalue weighted by Crippen LogP contribution is -2.42. The van der Waals surface area contributed by atoms with Crippen LogP contribution in [0, 0.1) is 11.8 Å². The topological polar surface area (TPSA) is 23.5 Å². The molecule has 1 saturated carbocycles. The molecule has 2 bridgehead atoms. The Hall–Kier alpha value is -0.540. The fourth-order valence-corrected chi connectivity index (χ4v) is 4.00. The molecule has 3 rings (SSSR count). The van der Waals surface area contributed by atoms with Gasteiger partial charge in [0.1, 0.15) is 0 Å². The van der Waals surface area contributed by atoms with Crippen LogP contribution in [-0.2, 0) is 6.61 Å². The van der Waals surface area contributed by atoms with Crippen molar-refractivity contribution in [1.29, 1.82) is 0 Å². The number of hydrogen-bond donors (Lipinski definition) is 1. The van der Waals surface area contributed by atoms with Gasteiger partial charge in [-0.2, -0.15) is 0 Å². The highest BCUT2D eigenvalue weighted by molar-refractivity contribution is 9.10. The van der Waals surface area contributed by atoms with Crippen molar-refractivity contribution >= 4 is 21.6 Å². The van der Waals surface area contributed by atoms with Crippen LogP contribution in [0.25, 0.3) is 0 Å². The molecule has 3 heteroatoms. The zero-order valence-electron chi connectivity index (χ0n) is 10.6. The zero-order chi connectivity index (χ0) is 12.5. The second kappa shape index (κ2) is 5.22. The largest absolute Gasteiger partial charge is 0.392 e. The maximum Gasteiger partial charge on any atom is 0.0692 e. The van der Waals surface area contributed by atoms with E-state index in [1.165, 1.54) is 44.5 Å². The Labute approximate surface area is 117 Å². The lowest BCUT2D eigenvalue weighted by atomic mass is 9.78. The molecule has 2 aliphatic rings. The molecule has 18 heavy (non-hydrogen) atoms. The van der Waals surface area contributed by atoms with E-state index < -0.39 is 0 Å². The van der Waals surface area contributed by atoms with Crippen molar-refractivity contribution in [3.8, 4) is 0 Å². The molecule has 2 atom stereocenters. The summed E-state index contributed by atoms with van der Waals surface area (Å²) in [5, 5.41) is 9.21. The molecule has 1 aliphatic heterocycles. The van der Waals surface area contributed by atoms with Gasteiger partial charge in [0.25, 0.3) is 0 Å². The quantitative estimate of drug-likeness (QED) is 0.903. The van der Waals surface area contributed by atoms with Crippen LogP contribution >= 0.6 is 15.9 Å². The van der Waals surface area contributed by atoms with Gasteiger partial charge in [-0.1, -0.05) is 28.4 Å². The van der Waals surface area contributed by atoms with Crippen LogP contribution in [0.5, 0.6) is 0 Å². The first kappa shape index (κ1) is 12.5. The fourth-order valence-electron chi connectivity index (χ4n) is 3.50. The van der Waals surface area contributed by atoms with Gasteiger partial charge in [-0.3, -0.25) is 0 Å². The van der Waals surface area contributed by atoms with E-state index >= 15 is 0 Å². The Morgan fingerprint density at radius 3 is 2.56 bits per heavy atom. The fraction of sp³-hybridized carbons (Fsp3) is 0.600.